The first kappa shape index (κ1) is 16.5. The molecule has 0 amide bonds. The summed E-state index contributed by atoms with van der Waals surface area (Å²) < 4.78 is 1.94. The highest BCUT2D eigenvalue weighted by molar-refractivity contribution is 5.39. The van der Waals surface area contributed by atoms with Crippen LogP contribution in [-0.4, -0.2) is 14.6 Å². The standard InChI is InChI=1S/C20H31N3/c1-4-6-11-20(10-5-2)12-7-17(8-13-20)18-15-16(3)23-19(22-18)9-14-21-23/h9,14-15,17H,4-8,10-13H2,1-3H3. The van der Waals surface area contributed by atoms with E-state index in [1.165, 1.54) is 69.2 Å². The molecule has 0 spiro atoms. The predicted octanol–water partition coefficient (Wildman–Crippen LogP) is 5.67. The van der Waals surface area contributed by atoms with E-state index in [1.54, 1.807) is 0 Å². The van der Waals surface area contributed by atoms with Crippen molar-refractivity contribution in [1.82, 2.24) is 14.6 Å². The summed E-state index contributed by atoms with van der Waals surface area (Å²) in [5.74, 6) is 0.639. The summed E-state index contributed by atoms with van der Waals surface area (Å²) >= 11 is 0. The average Bonchev–Trinajstić information content (AvgIpc) is 3.03. The molecule has 3 rings (SSSR count). The Balaban J connectivity index is 1.73. The lowest BCUT2D eigenvalue weighted by Gasteiger charge is -2.40. The van der Waals surface area contributed by atoms with Gasteiger partial charge >= 0.3 is 0 Å². The Hall–Kier alpha value is -1.38. The first-order chi connectivity index (χ1) is 11.2. The van der Waals surface area contributed by atoms with Crippen LogP contribution in [0.25, 0.3) is 5.65 Å². The van der Waals surface area contributed by atoms with Crippen molar-refractivity contribution in [3.8, 4) is 0 Å². The van der Waals surface area contributed by atoms with Crippen molar-refractivity contribution in [2.75, 3.05) is 0 Å². The van der Waals surface area contributed by atoms with Gasteiger partial charge in [-0.2, -0.15) is 5.10 Å². The molecule has 126 valence electrons. The molecule has 0 unspecified atom stereocenters. The molecule has 0 atom stereocenters. The maximum atomic E-state index is 4.88. The smallest absolute Gasteiger partial charge is 0.155 e. The molecule has 0 bridgehead atoms. The number of fused-ring (bicyclic) bond motifs is 1. The van der Waals surface area contributed by atoms with Crippen LogP contribution < -0.4 is 0 Å². The summed E-state index contributed by atoms with van der Waals surface area (Å²) in [6.07, 6.45) is 14.1. The van der Waals surface area contributed by atoms with E-state index < -0.39 is 0 Å². The predicted molar refractivity (Wildman–Crippen MR) is 95.8 cm³/mol. The molecule has 2 aromatic heterocycles. The monoisotopic (exact) mass is 313 g/mol. The van der Waals surface area contributed by atoms with Crippen LogP contribution in [0, 0.1) is 12.3 Å². The van der Waals surface area contributed by atoms with Crippen molar-refractivity contribution in [3.05, 3.63) is 29.7 Å². The molecule has 0 aliphatic heterocycles. The fraction of sp³-hybridized carbons (Fsp3) is 0.700. The number of aryl methyl sites for hydroxylation is 1. The van der Waals surface area contributed by atoms with E-state index in [9.17, 15) is 0 Å². The zero-order valence-corrected chi connectivity index (χ0v) is 15.0. The fourth-order valence-electron chi connectivity index (χ4n) is 4.53. The van der Waals surface area contributed by atoms with Crippen molar-refractivity contribution in [2.24, 2.45) is 5.41 Å². The number of rotatable bonds is 6. The number of unbranched alkanes of at least 4 members (excludes halogenated alkanes) is 1. The number of nitrogens with zero attached hydrogens (tertiary/aromatic N) is 3. The van der Waals surface area contributed by atoms with E-state index in [2.05, 4.69) is 31.9 Å². The summed E-state index contributed by atoms with van der Waals surface area (Å²) in [6.45, 7) is 6.80. The first-order valence-electron chi connectivity index (χ1n) is 9.49. The second-order valence-electron chi connectivity index (χ2n) is 7.55. The lowest BCUT2D eigenvalue weighted by atomic mass is 9.65. The van der Waals surface area contributed by atoms with Crippen molar-refractivity contribution in [2.45, 2.75) is 84.5 Å². The Labute approximate surface area is 140 Å². The molecule has 0 N–H and O–H groups in total. The van der Waals surface area contributed by atoms with Crippen LogP contribution in [0.5, 0.6) is 0 Å². The quantitative estimate of drug-likeness (QED) is 0.687. The van der Waals surface area contributed by atoms with E-state index in [-0.39, 0.29) is 0 Å². The lowest BCUT2D eigenvalue weighted by molar-refractivity contribution is 0.138. The molecular weight excluding hydrogens is 282 g/mol. The summed E-state index contributed by atoms with van der Waals surface area (Å²) in [7, 11) is 0. The Morgan fingerprint density at radius 1 is 1.17 bits per heavy atom. The maximum Gasteiger partial charge on any atom is 0.155 e. The van der Waals surface area contributed by atoms with Crippen LogP contribution in [0.15, 0.2) is 18.3 Å². The summed E-state index contributed by atoms with van der Waals surface area (Å²) in [5, 5.41) is 4.34. The van der Waals surface area contributed by atoms with Gasteiger partial charge < -0.3 is 0 Å². The minimum atomic E-state index is 0.622. The van der Waals surface area contributed by atoms with Crippen LogP contribution in [0.2, 0.25) is 0 Å². The van der Waals surface area contributed by atoms with Crippen LogP contribution in [-0.2, 0) is 0 Å². The third kappa shape index (κ3) is 3.44. The Kier molecular flexibility index (Phi) is 5.03. The second-order valence-corrected chi connectivity index (χ2v) is 7.55. The van der Waals surface area contributed by atoms with Crippen LogP contribution in [0.4, 0.5) is 0 Å². The van der Waals surface area contributed by atoms with Gasteiger partial charge in [-0.3, -0.25) is 0 Å². The zero-order valence-electron chi connectivity index (χ0n) is 15.0. The third-order valence-corrected chi connectivity index (χ3v) is 5.86. The van der Waals surface area contributed by atoms with E-state index in [1.807, 2.05) is 16.8 Å². The molecule has 2 aromatic rings. The van der Waals surface area contributed by atoms with Crippen molar-refractivity contribution in [3.63, 3.8) is 0 Å². The Morgan fingerprint density at radius 3 is 2.65 bits per heavy atom. The van der Waals surface area contributed by atoms with Crippen molar-refractivity contribution in [1.29, 1.82) is 0 Å². The highest BCUT2D eigenvalue weighted by Gasteiger charge is 2.34. The van der Waals surface area contributed by atoms with Gasteiger partial charge in [0, 0.05) is 23.4 Å². The largest absolute Gasteiger partial charge is 0.233 e. The zero-order chi connectivity index (χ0) is 16.3. The van der Waals surface area contributed by atoms with Gasteiger partial charge in [0.15, 0.2) is 5.65 Å². The molecule has 23 heavy (non-hydrogen) atoms. The van der Waals surface area contributed by atoms with Crippen molar-refractivity contribution < 1.29 is 0 Å². The highest BCUT2D eigenvalue weighted by atomic mass is 15.2. The number of hydrogen-bond acceptors (Lipinski definition) is 2. The molecule has 2 heterocycles. The molecule has 0 radical (unpaired) electrons. The fourth-order valence-corrected chi connectivity index (χ4v) is 4.53. The second kappa shape index (κ2) is 7.02. The van der Waals surface area contributed by atoms with Crippen LogP contribution in [0.3, 0.4) is 0 Å². The number of hydrogen-bond donors (Lipinski definition) is 0. The lowest BCUT2D eigenvalue weighted by Crippen LogP contribution is -2.27. The third-order valence-electron chi connectivity index (χ3n) is 5.86. The van der Waals surface area contributed by atoms with Crippen molar-refractivity contribution >= 4 is 5.65 Å². The van der Waals surface area contributed by atoms with Gasteiger partial charge in [0.25, 0.3) is 0 Å². The maximum absolute atomic E-state index is 4.88. The van der Waals surface area contributed by atoms with E-state index in [0.29, 0.717) is 11.3 Å². The average molecular weight is 313 g/mol. The minimum Gasteiger partial charge on any atom is -0.233 e. The van der Waals surface area contributed by atoms with Crippen LogP contribution in [0.1, 0.15) is 88.9 Å². The normalized spacial score (nSPS) is 25.1. The van der Waals surface area contributed by atoms with Crippen LogP contribution >= 0.6 is 0 Å². The minimum absolute atomic E-state index is 0.622. The summed E-state index contributed by atoms with van der Waals surface area (Å²) in [4.78, 5) is 4.88. The highest BCUT2D eigenvalue weighted by Crippen LogP contribution is 2.48. The molecule has 3 nitrogen and oxygen atoms in total. The molecule has 3 heteroatoms. The molecular formula is C20H31N3. The molecule has 1 fully saturated rings. The van der Waals surface area contributed by atoms with Gasteiger partial charge in [-0.1, -0.05) is 33.1 Å². The summed E-state index contributed by atoms with van der Waals surface area (Å²) in [6, 6.07) is 4.27. The number of aromatic nitrogens is 3. The molecule has 0 saturated heterocycles. The van der Waals surface area contributed by atoms with E-state index in [4.69, 9.17) is 4.98 Å². The Morgan fingerprint density at radius 2 is 1.96 bits per heavy atom. The Bertz CT molecular complexity index is 635. The van der Waals surface area contributed by atoms with Gasteiger partial charge in [-0.25, -0.2) is 9.50 Å². The molecule has 1 saturated carbocycles. The molecule has 0 aromatic carbocycles. The topological polar surface area (TPSA) is 30.2 Å². The van der Waals surface area contributed by atoms with Gasteiger partial charge in [0.2, 0.25) is 0 Å². The van der Waals surface area contributed by atoms with Gasteiger partial charge in [0.1, 0.15) is 0 Å². The van der Waals surface area contributed by atoms with Gasteiger partial charge in [-0.05, 0) is 56.9 Å². The SMILES string of the molecule is CCCCC1(CCC)CCC(c2cc(C)n3nccc3n2)CC1. The first-order valence-corrected chi connectivity index (χ1v) is 9.49. The van der Waals surface area contributed by atoms with Gasteiger partial charge in [0.05, 0.1) is 6.20 Å². The molecule has 1 aliphatic rings. The van der Waals surface area contributed by atoms with Gasteiger partial charge in [-0.15, -0.1) is 0 Å². The van der Waals surface area contributed by atoms with E-state index >= 15 is 0 Å². The summed E-state index contributed by atoms with van der Waals surface area (Å²) in [5.41, 5.74) is 4.11. The molecule has 1 aliphatic carbocycles. The van der Waals surface area contributed by atoms with E-state index in [0.717, 1.165) is 5.65 Å².